The van der Waals surface area contributed by atoms with Crippen molar-refractivity contribution in [3.8, 4) is 17.2 Å². The SMILES string of the molecule is Cl.NCC(=O)NCC(=O)NCCOc1ccc2c(c1)OCO2. The molecule has 0 aliphatic carbocycles. The molecule has 0 atom stereocenters. The molecule has 2 rings (SSSR count). The van der Waals surface area contributed by atoms with Crippen LogP contribution < -0.4 is 30.6 Å². The molecule has 0 saturated heterocycles. The van der Waals surface area contributed by atoms with Gasteiger partial charge in [0, 0.05) is 6.07 Å². The highest BCUT2D eigenvalue weighted by Gasteiger charge is 2.13. The molecule has 1 heterocycles. The Morgan fingerprint density at radius 1 is 1.18 bits per heavy atom. The lowest BCUT2D eigenvalue weighted by Crippen LogP contribution is -2.40. The molecule has 122 valence electrons. The summed E-state index contributed by atoms with van der Waals surface area (Å²) in [6, 6.07) is 5.25. The molecule has 8 nitrogen and oxygen atoms in total. The van der Waals surface area contributed by atoms with Crippen LogP contribution in [0.2, 0.25) is 0 Å². The first-order valence-electron chi connectivity index (χ1n) is 6.45. The van der Waals surface area contributed by atoms with Crippen LogP contribution in [0, 0.1) is 0 Å². The molecule has 1 aromatic carbocycles. The Hall–Kier alpha value is -2.19. The fraction of sp³-hybridized carbons (Fsp3) is 0.385. The van der Waals surface area contributed by atoms with E-state index >= 15 is 0 Å². The predicted octanol–water partition coefficient (Wildman–Crippen LogP) is -0.593. The topological polar surface area (TPSA) is 112 Å². The molecule has 1 aliphatic rings. The van der Waals surface area contributed by atoms with Gasteiger partial charge in [-0.3, -0.25) is 9.59 Å². The van der Waals surface area contributed by atoms with Gasteiger partial charge in [-0.05, 0) is 12.1 Å². The van der Waals surface area contributed by atoms with Crippen molar-refractivity contribution in [2.75, 3.05) is 33.0 Å². The molecule has 4 N–H and O–H groups in total. The van der Waals surface area contributed by atoms with Crippen LogP contribution in [0.1, 0.15) is 0 Å². The number of amides is 2. The number of nitrogens with two attached hydrogens (primary N) is 1. The van der Waals surface area contributed by atoms with E-state index in [0.717, 1.165) is 0 Å². The third-order valence-corrected chi connectivity index (χ3v) is 2.67. The first-order valence-corrected chi connectivity index (χ1v) is 6.45. The highest BCUT2D eigenvalue weighted by Crippen LogP contribution is 2.34. The number of benzene rings is 1. The first kappa shape index (κ1) is 17.9. The Kier molecular flexibility index (Phi) is 7.27. The van der Waals surface area contributed by atoms with Crippen molar-refractivity contribution in [3.05, 3.63) is 18.2 Å². The number of carbonyl (C=O) groups is 2. The van der Waals surface area contributed by atoms with Gasteiger partial charge in [0.05, 0.1) is 19.6 Å². The predicted molar refractivity (Wildman–Crippen MR) is 80.4 cm³/mol. The molecule has 0 spiro atoms. The summed E-state index contributed by atoms with van der Waals surface area (Å²) in [7, 11) is 0. The number of hydrogen-bond donors (Lipinski definition) is 3. The molecule has 0 bridgehead atoms. The second-order valence-electron chi connectivity index (χ2n) is 4.19. The van der Waals surface area contributed by atoms with Gasteiger partial charge in [0.1, 0.15) is 12.4 Å². The summed E-state index contributed by atoms with van der Waals surface area (Å²) in [4.78, 5) is 22.2. The fourth-order valence-electron chi connectivity index (χ4n) is 1.64. The molecule has 0 aromatic heterocycles. The monoisotopic (exact) mass is 331 g/mol. The van der Waals surface area contributed by atoms with Crippen molar-refractivity contribution in [3.63, 3.8) is 0 Å². The largest absolute Gasteiger partial charge is 0.492 e. The van der Waals surface area contributed by atoms with Gasteiger partial charge in [0.25, 0.3) is 0 Å². The minimum Gasteiger partial charge on any atom is -0.492 e. The van der Waals surface area contributed by atoms with Crippen LogP contribution in [0.5, 0.6) is 17.2 Å². The van der Waals surface area contributed by atoms with Gasteiger partial charge in [-0.2, -0.15) is 0 Å². The molecule has 9 heteroatoms. The van der Waals surface area contributed by atoms with Crippen LogP contribution in [0.15, 0.2) is 18.2 Å². The maximum absolute atomic E-state index is 11.4. The lowest BCUT2D eigenvalue weighted by molar-refractivity contribution is -0.125. The molecule has 1 aromatic rings. The van der Waals surface area contributed by atoms with E-state index in [-0.39, 0.29) is 44.1 Å². The van der Waals surface area contributed by atoms with Gasteiger partial charge in [-0.25, -0.2) is 0 Å². The molecular weight excluding hydrogens is 314 g/mol. The van der Waals surface area contributed by atoms with E-state index in [9.17, 15) is 9.59 Å². The summed E-state index contributed by atoms with van der Waals surface area (Å²) in [5.41, 5.74) is 5.10. The summed E-state index contributed by atoms with van der Waals surface area (Å²) < 4.78 is 15.9. The molecule has 22 heavy (non-hydrogen) atoms. The zero-order valence-corrected chi connectivity index (χ0v) is 12.6. The van der Waals surface area contributed by atoms with Crippen molar-refractivity contribution in [2.45, 2.75) is 0 Å². The van der Waals surface area contributed by atoms with Crippen LogP contribution in [0.3, 0.4) is 0 Å². The third kappa shape index (κ3) is 5.30. The van der Waals surface area contributed by atoms with E-state index < -0.39 is 0 Å². The molecular formula is C13H18ClN3O5. The van der Waals surface area contributed by atoms with E-state index in [1.807, 2.05) is 0 Å². The Bertz CT molecular complexity index is 526. The molecule has 1 aliphatic heterocycles. The minimum absolute atomic E-state index is 0. The van der Waals surface area contributed by atoms with Crippen molar-refractivity contribution >= 4 is 24.2 Å². The van der Waals surface area contributed by atoms with Crippen molar-refractivity contribution in [2.24, 2.45) is 5.73 Å². The average Bonchev–Trinajstić information content (AvgIpc) is 2.96. The maximum Gasteiger partial charge on any atom is 0.239 e. The molecule has 0 radical (unpaired) electrons. The standard InChI is InChI=1S/C13H17N3O5.ClH/c14-6-12(17)16-7-13(18)15-3-4-19-9-1-2-10-11(5-9)21-8-20-10;/h1-2,5H,3-4,6-8,14H2,(H,15,18)(H,16,17);1H. The van der Waals surface area contributed by atoms with Gasteiger partial charge < -0.3 is 30.6 Å². The van der Waals surface area contributed by atoms with Gasteiger partial charge in [0.15, 0.2) is 11.5 Å². The normalized spacial score (nSPS) is 11.3. The maximum atomic E-state index is 11.4. The number of ether oxygens (including phenoxy) is 3. The quantitative estimate of drug-likeness (QED) is 0.576. The van der Waals surface area contributed by atoms with Crippen LogP contribution in [0.25, 0.3) is 0 Å². The van der Waals surface area contributed by atoms with Gasteiger partial charge in [-0.15, -0.1) is 12.4 Å². The summed E-state index contributed by atoms with van der Waals surface area (Å²) in [5.74, 6) is 1.28. The molecule has 0 unspecified atom stereocenters. The van der Waals surface area contributed by atoms with Crippen LogP contribution in [0.4, 0.5) is 0 Å². The smallest absolute Gasteiger partial charge is 0.239 e. The summed E-state index contributed by atoms with van der Waals surface area (Å²) in [6.45, 7) is 0.603. The number of hydrogen-bond acceptors (Lipinski definition) is 6. The number of halogens is 1. The van der Waals surface area contributed by atoms with Crippen LogP contribution in [-0.4, -0.2) is 44.8 Å². The highest BCUT2D eigenvalue weighted by molar-refractivity contribution is 5.85. The van der Waals surface area contributed by atoms with Crippen molar-refractivity contribution in [1.29, 1.82) is 0 Å². The zero-order valence-electron chi connectivity index (χ0n) is 11.8. The number of rotatable bonds is 7. The third-order valence-electron chi connectivity index (χ3n) is 2.67. The summed E-state index contributed by atoms with van der Waals surface area (Å²) in [5, 5.41) is 4.98. The van der Waals surface area contributed by atoms with E-state index in [2.05, 4.69) is 10.6 Å². The Morgan fingerprint density at radius 3 is 2.73 bits per heavy atom. The Balaban J connectivity index is 0.00000242. The number of carbonyl (C=O) groups excluding carboxylic acids is 2. The fourth-order valence-corrected chi connectivity index (χ4v) is 1.64. The van der Waals surface area contributed by atoms with Gasteiger partial charge >= 0.3 is 0 Å². The lowest BCUT2D eigenvalue weighted by atomic mass is 10.3. The van der Waals surface area contributed by atoms with E-state index in [1.165, 1.54) is 0 Å². The van der Waals surface area contributed by atoms with Crippen molar-refractivity contribution < 1.29 is 23.8 Å². The summed E-state index contributed by atoms with van der Waals surface area (Å²) in [6.07, 6.45) is 0. The van der Waals surface area contributed by atoms with Crippen LogP contribution in [-0.2, 0) is 9.59 Å². The van der Waals surface area contributed by atoms with E-state index in [1.54, 1.807) is 18.2 Å². The molecule has 2 amide bonds. The van der Waals surface area contributed by atoms with Crippen molar-refractivity contribution in [1.82, 2.24) is 10.6 Å². The Morgan fingerprint density at radius 2 is 1.95 bits per heavy atom. The second kappa shape index (κ2) is 8.96. The lowest BCUT2D eigenvalue weighted by Gasteiger charge is -2.08. The summed E-state index contributed by atoms with van der Waals surface area (Å²) >= 11 is 0. The van der Waals surface area contributed by atoms with Gasteiger partial charge in [-0.1, -0.05) is 0 Å². The molecule has 0 saturated carbocycles. The average molecular weight is 332 g/mol. The minimum atomic E-state index is -0.373. The Labute approximate surface area is 133 Å². The highest BCUT2D eigenvalue weighted by atomic mass is 35.5. The number of nitrogens with one attached hydrogen (secondary N) is 2. The zero-order chi connectivity index (χ0) is 15.1. The number of fused-ring (bicyclic) bond motifs is 1. The van der Waals surface area contributed by atoms with E-state index in [4.69, 9.17) is 19.9 Å². The van der Waals surface area contributed by atoms with E-state index in [0.29, 0.717) is 30.4 Å². The second-order valence-corrected chi connectivity index (χ2v) is 4.19. The molecule has 0 fully saturated rings. The first-order chi connectivity index (χ1) is 10.2. The van der Waals surface area contributed by atoms with Gasteiger partial charge in [0.2, 0.25) is 18.6 Å². The van der Waals surface area contributed by atoms with Crippen LogP contribution >= 0.6 is 12.4 Å².